The third-order valence-corrected chi connectivity index (χ3v) is 4.47. The molecule has 0 unspecified atom stereocenters. The zero-order valence-corrected chi connectivity index (χ0v) is 11.6. The van der Waals surface area contributed by atoms with Crippen LogP contribution in [0.5, 0.6) is 0 Å². The zero-order chi connectivity index (χ0) is 13.6. The summed E-state index contributed by atoms with van der Waals surface area (Å²) in [6.07, 6.45) is 0. The van der Waals surface area contributed by atoms with E-state index in [0.717, 1.165) is 10.4 Å². The van der Waals surface area contributed by atoms with E-state index in [1.165, 1.54) is 11.3 Å². The predicted octanol–water partition coefficient (Wildman–Crippen LogP) is 4.09. The lowest BCUT2D eigenvalue weighted by Gasteiger charge is -2.16. The maximum Gasteiger partial charge on any atom is 0.205 e. The van der Waals surface area contributed by atoms with Crippen molar-refractivity contribution in [2.75, 3.05) is 0 Å². The highest BCUT2D eigenvalue weighted by atomic mass is 35.5. The number of aryl methyl sites for hydroxylation is 1. The number of halogens is 1. The van der Waals surface area contributed by atoms with Gasteiger partial charge in [0, 0.05) is 16.0 Å². The first-order valence-electron chi connectivity index (χ1n) is 5.73. The molecule has 1 aliphatic rings. The Labute approximate surface area is 119 Å². The number of carbonyl (C=O) groups excluding carboxylic acids is 2. The van der Waals surface area contributed by atoms with E-state index in [0.29, 0.717) is 16.7 Å². The summed E-state index contributed by atoms with van der Waals surface area (Å²) in [6, 6.07) is 8.66. The molecule has 0 fully saturated rings. The Kier molecular flexibility index (Phi) is 2.88. The predicted molar refractivity (Wildman–Crippen MR) is 76.9 cm³/mol. The van der Waals surface area contributed by atoms with Gasteiger partial charge in [0.05, 0.1) is 5.57 Å². The monoisotopic (exact) mass is 288 g/mol. The summed E-state index contributed by atoms with van der Waals surface area (Å²) in [5.74, 6) is -0.458. The summed E-state index contributed by atoms with van der Waals surface area (Å²) >= 11 is 7.54. The van der Waals surface area contributed by atoms with E-state index < -0.39 is 0 Å². The summed E-state index contributed by atoms with van der Waals surface area (Å²) < 4.78 is 0. The molecular weight excluding hydrogens is 280 g/mol. The van der Waals surface area contributed by atoms with Crippen molar-refractivity contribution in [2.24, 2.45) is 0 Å². The number of ketones is 2. The summed E-state index contributed by atoms with van der Waals surface area (Å²) in [7, 11) is 0. The second-order valence-electron chi connectivity index (χ2n) is 4.38. The smallest absolute Gasteiger partial charge is 0.205 e. The van der Waals surface area contributed by atoms with Crippen molar-refractivity contribution < 1.29 is 9.59 Å². The second kappa shape index (κ2) is 4.44. The number of carbonyl (C=O) groups is 2. The Morgan fingerprint density at radius 2 is 1.68 bits per heavy atom. The molecule has 0 saturated carbocycles. The number of benzene rings is 1. The minimum Gasteiger partial charge on any atom is -0.288 e. The number of Topliss-reactive ketones (excluding diaryl/α,β-unsaturated/α-hetero) is 2. The van der Waals surface area contributed by atoms with Crippen molar-refractivity contribution in [1.29, 1.82) is 0 Å². The van der Waals surface area contributed by atoms with Crippen LogP contribution < -0.4 is 0 Å². The van der Waals surface area contributed by atoms with E-state index in [4.69, 9.17) is 11.6 Å². The first-order valence-corrected chi connectivity index (χ1v) is 6.99. The SMILES string of the molecule is Cc1csc(C2=C(Cl)C(=O)c3ccccc3C2=O)c1. The van der Waals surface area contributed by atoms with E-state index in [1.54, 1.807) is 24.3 Å². The molecule has 1 aromatic heterocycles. The van der Waals surface area contributed by atoms with Gasteiger partial charge in [-0.3, -0.25) is 9.59 Å². The number of allylic oxidation sites excluding steroid dienone is 2. The van der Waals surface area contributed by atoms with Crippen LogP contribution in [0.2, 0.25) is 0 Å². The van der Waals surface area contributed by atoms with Gasteiger partial charge in [0.25, 0.3) is 0 Å². The highest BCUT2D eigenvalue weighted by Gasteiger charge is 2.32. The van der Waals surface area contributed by atoms with Gasteiger partial charge in [0.1, 0.15) is 5.03 Å². The van der Waals surface area contributed by atoms with Crippen LogP contribution >= 0.6 is 22.9 Å². The number of hydrogen-bond acceptors (Lipinski definition) is 3. The van der Waals surface area contributed by atoms with E-state index in [-0.39, 0.29) is 16.6 Å². The molecule has 3 rings (SSSR count). The Morgan fingerprint density at radius 1 is 1.05 bits per heavy atom. The maximum atomic E-state index is 12.5. The Bertz CT molecular complexity index is 740. The molecule has 0 radical (unpaired) electrons. The molecule has 0 N–H and O–H groups in total. The number of thiophene rings is 1. The summed E-state index contributed by atoms with van der Waals surface area (Å²) in [4.78, 5) is 25.5. The summed E-state index contributed by atoms with van der Waals surface area (Å²) in [5, 5.41) is 1.95. The average molecular weight is 289 g/mol. The molecule has 1 aromatic carbocycles. The van der Waals surface area contributed by atoms with Gasteiger partial charge in [-0.05, 0) is 23.9 Å². The van der Waals surface area contributed by atoms with Gasteiger partial charge in [0.15, 0.2) is 5.78 Å². The number of hydrogen-bond donors (Lipinski definition) is 0. The molecule has 4 heteroatoms. The van der Waals surface area contributed by atoms with Crippen LogP contribution in [-0.2, 0) is 0 Å². The van der Waals surface area contributed by atoms with Crippen molar-refractivity contribution in [2.45, 2.75) is 6.92 Å². The van der Waals surface area contributed by atoms with Crippen LogP contribution in [0.15, 0.2) is 40.7 Å². The molecule has 2 nitrogen and oxygen atoms in total. The largest absolute Gasteiger partial charge is 0.288 e. The van der Waals surface area contributed by atoms with Crippen LogP contribution in [0.3, 0.4) is 0 Å². The van der Waals surface area contributed by atoms with Crippen molar-refractivity contribution in [1.82, 2.24) is 0 Å². The lowest BCUT2D eigenvalue weighted by Crippen LogP contribution is -2.18. The molecule has 1 heterocycles. The quantitative estimate of drug-likeness (QED) is 0.792. The van der Waals surface area contributed by atoms with Crippen LogP contribution in [0.4, 0.5) is 0 Å². The molecule has 1 aliphatic carbocycles. The highest BCUT2D eigenvalue weighted by Crippen LogP contribution is 2.36. The van der Waals surface area contributed by atoms with E-state index in [9.17, 15) is 9.59 Å². The van der Waals surface area contributed by atoms with E-state index >= 15 is 0 Å². The Morgan fingerprint density at radius 3 is 2.26 bits per heavy atom. The first kappa shape index (κ1) is 12.3. The lowest BCUT2D eigenvalue weighted by molar-refractivity contribution is 0.0998. The van der Waals surface area contributed by atoms with Gasteiger partial charge in [0.2, 0.25) is 5.78 Å². The molecule has 0 amide bonds. The number of rotatable bonds is 1. The second-order valence-corrected chi connectivity index (χ2v) is 5.67. The van der Waals surface area contributed by atoms with Gasteiger partial charge in [-0.25, -0.2) is 0 Å². The van der Waals surface area contributed by atoms with Crippen molar-refractivity contribution in [3.05, 3.63) is 62.3 Å². The summed E-state index contributed by atoms with van der Waals surface area (Å²) in [6.45, 7) is 1.94. The van der Waals surface area contributed by atoms with Crippen LogP contribution in [0, 0.1) is 6.92 Å². The third-order valence-electron chi connectivity index (χ3n) is 3.04. The first-order chi connectivity index (χ1) is 9.09. The average Bonchev–Trinajstić information content (AvgIpc) is 2.83. The summed E-state index contributed by atoms with van der Waals surface area (Å²) in [5.41, 5.74) is 2.19. The molecule has 0 bridgehead atoms. The van der Waals surface area contributed by atoms with Crippen LogP contribution in [0.25, 0.3) is 5.57 Å². The fraction of sp³-hybridized carbons (Fsp3) is 0.0667. The minimum atomic E-state index is -0.280. The van der Waals surface area contributed by atoms with Gasteiger partial charge in [-0.15, -0.1) is 11.3 Å². The van der Waals surface area contributed by atoms with Crippen molar-refractivity contribution in [3.8, 4) is 0 Å². The van der Waals surface area contributed by atoms with Crippen molar-refractivity contribution >= 4 is 40.1 Å². The molecule has 0 spiro atoms. The molecule has 19 heavy (non-hydrogen) atoms. The molecule has 2 aromatic rings. The fourth-order valence-corrected chi connectivity index (χ4v) is 3.42. The topological polar surface area (TPSA) is 34.1 Å². The van der Waals surface area contributed by atoms with Gasteiger partial charge < -0.3 is 0 Å². The van der Waals surface area contributed by atoms with Gasteiger partial charge >= 0.3 is 0 Å². The Hall–Kier alpha value is -1.71. The van der Waals surface area contributed by atoms with Crippen LogP contribution in [-0.4, -0.2) is 11.6 Å². The highest BCUT2D eigenvalue weighted by molar-refractivity contribution is 7.11. The lowest BCUT2D eigenvalue weighted by atomic mass is 9.88. The molecular formula is C15H9ClO2S. The number of fused-ring (bicyclic) bond motifs is 1. The van der Waals surface area contributed by atoms with Gasteiger partial charge in [-0.2, -0.15) is 0 Å². The molecule has 0 aliphatic heterocycles. The minimum absolute atomic E-state index is 0.0190. The zero-order valence-electron chi connectivity index (χ0n) is 10.1. The van der Waals surface area contributed by atoms with Crippen LogP contribution in [0.1, 0.15) is 31.2 Å². The van der Waals surface area contributed by atoms with E-state index in [2.05, 4.69) is 0 Å². The normalized spacial score (nSPS) is 14.8. The fourth-order valence-electron chi connectivity index (χ4n) is 2.13. The maximum absolute atomic E-state index is 12.5. The molecule has 94 valence electrons. The standard InChI is InChI=1S/C15H9ClO2S/c1-8-6-11(19-7-8)12-13(16)15(18)10-5-3-2-4-9(10)14(12)17/h2-7H,1H3. The third kappa shape index (κ3) is 1.86. The molecule has 0 atom stereocenters. The van der Waals surface area contributed by atoms with Gasteiger partial charge in [-0.1, -0.05) is 35.9 Å². The van der Waals surface area contributed by atoms with E-state index in [1.807, 2.05) is 18.4 Å². The van der Waals surface area contributed by atoms with Crippen molar-refractivity contribution in [3.63, 3.8) is 0 Å². The molecule has 0 saturated heterocycles. The Balaban J connectivity index is 2.24.